The van der Waals surface area contributed by atoms with E-state index in [4.69, 9.17) is 14.7 Å². The summed E-state index contributed by atoms with van der Waals surface area (Å²) in [5.41, 5.74) is 10.5. The summed E-state index contributed by atoms with van der Waals surface area (Å²) in [6.07, 6.45) is 5.20. The number of benzene rings is 2. The van der Waals surface area contributed by atoms with E-state index in [0.717, 1.165) is 11.3 Å². The predicted molar refractivity (Wildman–Crippen MR) is 150 cm³/mol. The molecular formula is C28H29FN6O5S. The van der Waals surface area contributed by atoms with Gasteiger partial charge in [0.2, 0.25) is 5.91 Å². The highest BCUT2D eigenvalue weighted by Gasteiger charge is 2.22. The second-order valence-electron chi connectivity index (χ2n) is 9.49. The van der Waals surface area contributed by atoms with E-state index in [1.165, 1.54) is 24.5 Å². The zero-order chi connectivity index (χ0) is 29.7. The van der Waals surface area contributed by atoms with Gasteiger partial charge in [-0.1, -0.05) is 22.9 Å². The quantitative estimate of drug-likeness (QED) is 0.229. The molecule has 5 rings (SSSR count). The van der Waals surface area contributed by atoms with Crippen LogP contribution in [-0.4, -0.2) is 57.8 Å². The largest absolute Gasteiger partial charge is 0.462 e. The van der Waals surface area contributed by atoms with Gasteiger partial charge in [-0.3, -0.25) is 19.4 Å². The van der Waals surface area contributed by atoms with E-state index in [2.05, 4.69) is 20.4 Å². The third kappa shape index (κ3) is 7.01. The molecule has 2 aromatic carbocycles. The maximum absolute atomic E-state index is 15.7. The first-order valence-electron chi connectivity index (χ1n) is 12.5. The van der Waals surface area contributed by atoms with Gasteiger partial charge in [-0.2, -0.15) is 8.42 Å². The van der Waals surface area contributed by atoms with Crippen molar-refractivity contribution >= 4 is 27.1 Å². The lowest BCUT2D eigenvalue weighted by Gasteiger charge is -2.19. The van der Waals surface area contributed by atoms with E-state index in [0.29, 0.717) is 47.3 Å². The maximum Gasteiger partial charge on any atom is 0.294 e. The molecule has 0 aliphatic heterocycles. The minimum Gasteiger partial charge on any atom is -0.462 e. The maximum atomic E-state index is 15.7. The van der Waals surface area contributed by atoms with Crippen molar-refractivity contribution in [1.82, 2.24) is 25.3 Å². The lowest BCUT2D eigenvalue weighted by Crippen LogP contribution is -2.22. The van der Waals surface area contributed by atoms with Crippen LogP contribution in [0.3, 0.4) is 0 Å². The fourth-order valence-electron chi connectivity index (χ4n) is 4.31. The molecule has 13 heteroatoms. The lowest BCUT2D eigenvalue weighted by atomic mass is 9.92. The van der Waals surface area contributed by atoms with Crippen molar-refractivity contribution in [2.24, 2.45) is 5.73 Å². The van der Waals surface area contributed by atoms with Crippen molar-refractivity contribution in [3.63, 3.8) is 0 Å². The van der Waals surface area contributed by atoms with Gasteiger partial charge in [-0.05, 0) is 62.7 Å². The fourth-order valence-corrected chi connectivity index (χ4v) is 4.79. The number of carbonyl (C=O) groups is 1. The highest BCUT2D eigenvalue weighted by molar-refractivity contribution is 7.85. The number of amides is 1. The number of H-pyrrole nitrogens is 1. The first kappa shape index (κ1) is 29.5. The Morgan fingerprint density at radius 2 is 1.88 bits per heavy atom. The molecule has 214 valence electrons. The molecule has 4 N–H and O–H groups in total. The molecule has 0 fully saturated rings. The van der Waals surface area contributed by atoms with Crippen LogP contribution in [0.15, 0.2) is 70.4 Å². The third-order valence-corrected chi connectivity index (χ3v) is 7.38. The normalized spacial score (nSPS) is 11.5. The zero-order valence-electron chi connectivity index (χ0n) is 22.6. The minimum absolute atomic E-state index is 0.0666. The van der Waals surface area contributed by atoms with Crippen molar-refractivity contribution in [3.8, 4) is 11.1 Å². The number of primary amides is 1. The number of hydrogen-bond donors (Lipinski definition) is 3. The van der Waals surface area contributed by atoms with Crippen molar-refractivity contribution in [2.75, 3.05) is 13.6 Å². The molecule has 0 saturated carbocycles. The second kappa shape index (κ2) is 12.4. The molecule has 41 heavy (non-hydrogen) atoms. The van der Waals surface area contributed by atoms with E-state index >= 15 is 4.39 Å². The number of rotatable bonds is 8. The summed E-state index contributed by atoms with van der Waals surface area (Å²) in [6, 6.07) is 10.9. The number of aromatic nitrogens is 4. The molecule has 0 radical (unpaired) electrons. The molecule has 0 spiro atoms. The van der Waals surface area contributed by atoms with Gasteiger partial charge in [0.05, 0.1) is 16.9 Å². The molecule has 3 aromatic heterocycles. The van der Waals surface area contributed by atoms with Crippen molar-refractivity contribution in [3.05, 3.63) is 94.9 Å². The van der Waals surface area contributed by atoms with Crippen LogP contribution in [0.25, 0.3) is 22.2 Å². The summed E-state index contributed by atoms with van der Waals surface area (Å²) in [7, 11) is -2.11. The number of fused-ring (bicyclic) bond motifs is 1. The highest BCUT2D eigenvalue weighted by atomic mass is 32.2. The Morgan fingerprint density at radius 3 is 2.51 bits per heavy atom. The molecule has 5 aromatic rings. The van der Waals surface area contributed by atoms with Crippen LogP contribution < -0.4 is 5.73 Å². The average molecular weight is 581 g/mol. The number of nitrogens with one attached hydrogen (secondary N) is 1. The van der Waals surface area contributed by atoms with Gasteiger partial charge in [-0.25, -0.2) is 4.39 Å². The van der Waals surface area contributed by atoms with E-state index < -0.39 is 21.8 Å². The van der Waals surface area contributed by atoms with Crippen molar-refractivity contribution < 1.29 is 26.6 Å². The minimum atomic E-state index is -4.02. The number of furan rings is 1. The third-order valence-electron chi connectivity index (χ3n) is 6.51. The summed E-state index contributed by atoms with van der Waals surface area (Å²) in [5.74, 6) is -0.994. The summed E-state index contributed by atoms with van der Waals surface area (Å²) >= 11 is 0. The number of aryl methyl sites for hydroxylation is 1. The van der Waals surface area contributed by atoms with Gasteiger partial charge in [0, 0.05) is 48.2 Å². The van der Waals surface area contributed by atoms with Gasteiger partial charge in [0.1, 0.15) is 11.3 Å². The molecule has 3 heterocycles. The van der Waals surface area contributed by atoms with E-state index in [-0.39, 0.29) is 16.0 Å². The first-order valence-corrected chi connectivity index (χ1v) is 13.9. The molecule has 0 bridgehead atoms. The Hall–Kier alpha value is -4.46. The van der Waals surface area contributed by atoms with Gasteiger partial charge in [0.25, 0.3) is 10.1 Å². The first-order chi connectivity index (χ1) is 19.5. The molecule has 11 nitrogen and oxygen atoms in total. The number of carbonyl (C=O) groups excluding carboxylic acids is 1. The molecule has 0 aliphatic carbocycles. The monoisotopic (exact) mass is 580 g/mol. The van der Waals surface area contributed by atoms with E-state index in [9.17, 15) is 13.2 Å². The zero-order valence-corrected chi connectivity index (χ0v) is 23.4. The topological polar surface area (TPSA) is 168 Å². The molecule has 0 unspecified atom stereocenters. The van der Waals surface area contributed by atoms with Crippen molar-refractivity contribution in [2.45, 2.75) is 31.7 Å². The molecule has 0 aliphatic rings. The number of pyridine rings is 1. The average Bonchev–Trinajstić information content (AvgIpc) is 3.61. The number of nitrogens with two attached hydrogens (primary N) is 1. The number of nitrogens with zero attached hydrogens (tertiary/aromatic N) is 4. The molecule has 0 saturated heterocycles. The number of likely N-dealkylation sites (N-methyl/N-ethyl adjacent to an activating group) is 1. The fraction of sp³-hybridized carbons (Fsp3) is 0.214. The van der Waals surface area contributed by atoms with Crippen LogP contribution >= 0.6 is 0 Å². The van der Waals surface area contributed by atoms with E-state index in [1.807, 2.05) is 18.9 Å². The molecule has 1 amide bonds. The molecular weight excluding hydrogens is 551 g/mol. The second-order valence-corrected chi connectivity index (χ2v) is 10.9. The summed E-state index contributed by atoms with van der Waals surface area (Å²) in [6.45, 7) is 4.68. The summed E-state index contributed by atoms with van der Waals surface area (Å²) in [4.78, 5) is 18.2. The van der Waals surface area contributed by atoms with Gasteiger partial charge >= 0.3 is 0 Å². The van der Waals surface area contributed by atoms with Crippen LogP contribution in [0, 0.1) is 19.7 Å². The highest BCUT2D eigenvalue weighted by Crippen LogP contribution is 2.34. The molecule has 0 atom stereocenters. The van der Waals surface area contributed by atoms with Gasteiger partial charge < -0.3 is 15.1 Å². The van der Waals surface area contributed by atoms with Gasteiger partial charge in [-0.15, -0.1) is 5.10 Å². The number of hydrogen-bond acceptors (Lipinski definition) is 8. The Labute approximate surface area is 235 Å². The Bertz CT molecular complexity index is 1770. The Kier molecular flexibility index (Phi) is 8.91. The summed E-state index contributed by atoms with van der Waals surface area (Å²) < 4.78 is 50.7. The number of halogens is 1. The van der Waals surface area contributed by atoms with Crippen LogP contribution in [-0.2, 0) is 23.1 Å². The van der Waals surface area contributed by atoms with E-state index in [1.54, 1.807) is 43.6 Å². The standard InChI is InChI=1S/C21H21FN6O2.C7H8O3S/c1-12-14(4-7-28(2)11-13-10-25-27-26-13)19(22)17(9-16(12)21(23)29)15-3-6-24-18-5-8-30-20(15)18;1-6-2-4-7(5-3-6)11(8,9)10/h3,5-6,8-10H,4,7,11H2,1-2H3,(H2,23,29)(H,25,26,27);2-5H,1H3,(H,8,9,10). The Balaban J connectivity index is 0.000000296. The predicted octanol–water partition coefficient (Wildman–Crippen LogP) is 4.08. The van der Waals surface area contributed by atoms with Crippen LogP contribution in [0.1, 0.15) is 32.7 Å². The van der Waals surface area contributed by atoms with Crippen LogP contribution in [0.5, 0.6) is 0 Å². The van der Waals surface area contributed by atoms with Gasteiger partial charge in [0.15, 0.2) is 5.58 Å². The number of aromatic amines is 1. The van der Waals surface area contributed by atoms with Crippen LogP contribution in [0.4, 0.5) is 4.39 Å². The smallest absolute Gasteiger partial charge is 0.294 e. The van der Waals surface area contributed by atoms with Crippen molar-refractivity contribution in [1.29, 1.82) is 0 Å². The summed E-state index contributed by atoms with van der Waals surface area (Å²) in [5, 5.41) is 10.3. The van der Waals surface area contributed by atoms with Crippen LogP contribution in [0.2, 0.25) is 0 Å². The SMILES string of the molecule is Cc1c(C(N)=O)cc(-c2ccnc3ccoc23)c(F)c1CCN(C)Cc1c[nH]nn1.Cc1ccc(S(=O)(=O)O)cc1. The Morgan fingerprint density at radius 1 is 1.15 bits per heavy atom. The lowest BCUT2D eigenvalue weighted by molar-refractivity contribution is 0.0999.